The van der Waals surface area contributed by atoms with Crippen LogP contribution in [-0.2, 0) is 0 Å². The third kappa shape index (κ3) is 6.53. The Morgan fingerprint density at radius 2 is 1.71 bits per heavy atom. The number of anilines is 3. The Labute approximate surface area is 241 Å². The van der Waals surface area contributed by atoms with E-state index in [1.807, 2.05) is 5.32 Å². The third-order valence-corrected chi connectivity index (χ3v) is 6.20. The highest BCUT2D eigenvalue weighted by Gasteiger charge is 2.29. The van der Waals surface area contributed by atoms with Crippen molar-refractivity contribution in [3.05, 3.63) is 95.9 Å². The van der Waals surface area contributed by atoms with Gasteiger partial charge in [0.05, 0.1) is 10.6 Å². The van der Waals surface area contributed by atoms with Gasteiger partial charge in [-0.3, -0.25) is 4.79 Å². The van der Waals surface area contributed by atoms with Crippen LogP contribution in [0.5, 0.6) is 11.5 Å². The lowest BCUT2D eigenvalue weighted by atomic mass is 10.0. The van der Waals surface area contributed by atoms with Crippen LogP contribution in [0.1, 0.15) is 10.4 Å². The molecule has 0 atom stereocenters. The molecule has 5 rings (SSSR count). The standard InChI is InChI=1S/C28H21ClF3N7O3/c29-21-6-1-2-7-22(21)42-19-5-3-4-18(12-19)38-27(41)37-17-10-8-16(9-11-17)23-20(26(40)34-14-28(30,31)32)13-39-24(23)25(33)35-15-36-39/h1-13,15H,14H2,(H,34,40)(H2,33,35,36)(H2,37,38,41). The van der Waals surface area contributed by atoms with E-state index in [0.717, 1.165) is 6.33 Å². The number of hydrogen-bond donors (Lipinski definition) is 4. The van der Waals surface area contributed by atoms with Gasteiger partial charge in [-0.1, -0.05) is 41.9 Å². The molecule has 0 bridgehead atoms. The van der Waals surface area contributed by atoms with Crippen LogP contribution >= 0.6 is 11.6 Å². The van der Waals surface area contributed by atoms with Gasteiger partial charge in [0.2, 0.25) is 0 Å². The SMILES string of the molecule is Nc1ncnn2cc(C(=O)NCC(F)(F)F)c(-c3ccc(NC(=O)Nc4cccc(Oc5ccccc5Cl)c4)cc3)c12. The molecule has 0 aliphatic carbocycles. The van der Waals surface area contributed by atoms with Crippen molar-refractivity contribution in [2.24, 2.45) is 0 Å². The molecular formula is C28H21ClF3N7O3. The highest BCUT2D eigenvalue weighted by molar-refractivity contribution is 6.32. The predicted octanol–water partition coefficient (Wildman–Crippen LogP) is 6.36. The summed E-state index contributed by atoms with van der Waals surface area (Å²) in [7, 11) is 0. The minimum atomic E-state index is -4.59. The Morgan fingerprint density at radius 3 is 2.45 bits per heavy atom. The Bertz CT molecular complexity index is 1780. The number of rotatable bonds is 7. The van der Waals surface area contributed by atoms with Gasteiger partial charge in [0.1, 0.15) is 29.9 Å². The molecule has 0 radical (unpaired) electrons. The first-order valence-corrected chi connectivity index (χ1v) is 12.6. The summed E-state index contributed by atoms with van der Waals surface area (Å²) in [6, 6.07) is 19.4. The lowest BCUT2D eigenvalue weighted by molar-refractivity contribution is -0.123. The zero-order chi connectivity index (χ0) is 29.9. The molecule has 2 heterocycles. The van der Waals surface area contributed by atoms with Crippen LogP contribution < -0.4 is 26.4 Å². The van der Waals surface area contributed by atoms with Gasteiger partial charge in [-0.15, -0.1) is 0 Å². The highest BCUT2D eigenvalue weighted by atomic mass is 35.5. The Kier molecular flexibility index (Phi) is 7.84. The second-order valence-electron chi connectivity index (χ2n) is 8.87. The minimum Gasteiger partial charge on any atom is -0.456 e. The molecule has 0 saturated carbocycles. The normalized spacial score (nSPS) is 11.2. The quantitative estimate of drug-likeness (QED) is 0.173. The van der Waals surface area contributed by atoms with E-state index >= 15 is 0 Å². The lowest BCUT2D eigenvalue weighted by Gasteiger charge is -2.12. The molecule has 0 aliphatic heterocycles. The van der Waals surface area contributed by atoms with Crippen molar-refractivity contribution in [3.63, 3.8) is 0 Å². The number of carbonyl (C=O) groups is 2. The van der Waals surface area contributed by atoms with E-state index in [4.69, 9.17) is 22.1 Å². The number of nitrogens with zero attached hydrogens (tertiary/aromatic N) is 3. The monoisotopic (exact) mass is 595 g/mol. The molecule has 0 spiro atoms. The summed E-state index contributed by atoms with van der Waals surface area (Å²) >= 11 is 6.14. The number of hydrogen-bond acceptors (Lipinski definition) is 6. The van der Waals surface area contributed by atoms with Gasteiger partial charge in [-0.05, 0) is 42.0 Å². The van der Waals surface area contributed by atoms with E-state index in [9.17, 15) is 22.8 Å². The third-order valence-electron chi connectivity index (χ3n) is 5.88. The zero-order valence-electron chi connectivity index (χ0n) is 21.4. The van der Waals surface area contributed by atoms with E-state index in [1.165, 1.54) is 10.7 Å². The number of urea groups is 1. The smallest absolute Gasteiger partial charge is 0.405 e. The maximum atomic E-state index is 12.7. The van der Waals surface area contributed by atoms with Crippen molar-refractivity contribution < 1.29 is 27.5 Å². The van der Waals surface area contributed by atoms with Gasteiger partial charge >= 0.3 is 12.2 Å². The van der Waals surface area contributed by atoms with Crippen molar-refractivity contribution in [1.82, 2.24) is 19.9 Å². The van der Waals surface area contributed by atoms with Crippen molar-refractivity contribution in [1.29, 1.82) is 0 Å². The van der Waals surface area contributed by atoms with E-state index in [2.05, 4.69) is 20.7 Å². The van der Waals surface area contributed by atoms with Gasteiger partial charge in [0.25, 0.3) is 5.91 Å². The summed E-state index contributed by atoms with van der Waals surface area (Å²) in [5.41, 5.74) is 7.71. The molecule has 0 fully saturated rings. The summed E-state index contributed by atoms with van der Waals surface area (Å²) in [6.45, 7) is -1.51. The largest absolute Gasteiger partial charge is 0.456 e. The van der Waals surface area contributed by atoms with Crippen LogP contribution in [0.3, 0.4) is 0 Å². The minimum absolute atomic E-state index is 0.0252. The number of ether oxygens (including phenoxy) is 1. The number of fused-ring (bicyclic) bond motifs is 1. The Morgan fingerprint density at radius 1 is 0.976 bits per heavy atom. The van der Waals surface area contributed by atoms with E-state index in [0.29, 0.717) is 33.5 Å². The molecule has 5 aromatic rings. The number of alkyl halides is 3. The molecule has 10 nitrogen and oxygen atoms in total. The molecule has 0 unspecified atom stereocenters. The maximum Gasteiger partial charge on any atom is 0.405 e. The number of para-hydroxylation sites is 1. The number of aromatic nitrogens is 3. The molecule has 2 aromatic heterocycles. The number of nitrogens with two attached hydrogens (primary N) is 1. The van der Waals surface area contributed by atoms with Crippen LogP contribution in [0.4, 0.5) is 35.2 Å². The first-order chi connectivity index (χ1) is 20.1. The number of amides is 3. The molecular weight excluding hydrogens is 575 g/mol. The molecule has 0 aliphatic rings. The number of benzene rings is 3. The second kappa shape index (κ2) is 11.7. The van der Waals surface area contributed by atoms with Gasteiger partial charge in [0.15, 0.2) is 5.82 Å². The fraction of sp³-hybridized carbons (Fsp3) is 0.0714. The fourth-order valence-corrected chi connectivity index (χ4v) is 4.25. The molecule has 14 heteroatoms. The predicted molar refractivity (Wildman–Crippen MR) is 152 cm³/mol. The summed E-state index contributed by atoms with van der Waals surface area (Å²) in [6.07, 6.45) is -2.16. The highest BCUT2D eigenvalue weighted by Crippen LogP contribution is 2.34. The van der Waals surface area contributed by atoms with Crippen LogP contribution in [0, 0.1) is 0 Å². The molecule has 5 N–H and O–H groups in total. The Balaban J connectivity index is 1.32. The Hall–Kier alpha value is -5.30. The number of nitrogen functional groups attached to an aromatic ring is 1. The first-order valence-electron chi connectivity index (χ1n) is 12.2. The van der Waals surface area contributed by atoms with Crippen LogP contribution in [-0.4, -0.2) is 39.3 Å². The van der Waals surface area contributed by atoms with Gasteiger partial charge < -0.3 is 26.4 Å². The summed E-state index contributed by atoms with van der Waals surface area (Å²) in [4.78, 5) is 29.3. The van der Waals surface area contributed by atoms with E-state index in [1.54, 1.807) is 72.8 Å². The van der Waals surface area contributed by atoms with Crippen LogP contribution in [0.25, 0.3) is 16.6 Å². The average Bonchev–Trinajstić information content (AvgIpc) is 3.34. The average molecular weight is 596 g/mol. The topological polar surface area (TPSA) is 136 Å². The molecule has 3 aromatic carbocycles. The van der Waals surface area contributed by atoms with Gasteiger partial charge in [-0.25, -0.2) is 14.3 Å². The fourth-order valence-electron chi connectivity index (χ4n) is 4.08. The summed E-state index contributed by atoms with van der Waals surface area (Å²) < 4.78 is 45.2. The van der Waals surface area contributed by atoms with Gasteiger partial charge in [-0.2, -0.15) is 18.3 Å². The number of carbonyl (C=O) groups excluding carboxylic acids is 2. The van der Waals surface area contributed by atoms with E-state index in [-0.39, 0.29) is 22.5 Å². The second-order valence-corrected chi connectivity index (χ2v) is 9.28. The maximum absolute atomic E-state index is 12.7. The van der Waals surface area contributed by atoms with Crippen LogP contribution in [0.2, 0.25) is 5.02 Å². The zero-order valence-corrected chi connectivity index (χ0v) is 22.2. The van der Waals surface area contributed by atoms with Crippen molar-refractivity contribution in [2.75, 3.05) is 22.9 Å². The number of halogens is 4. The van der Waals surface area contributed by atoms with Gasteiger partial charge in [0, 0.05) is 29.2 Å². The molecule has 3 amide bonds. The summed E-state index contributed by atoms with van der Waals surface area (Å²) in [5, 5.41) is 11.7. The summed E-state index contributed by atoms with van der Waals surface area (Å²) in [5.74, 6) is -0.0127. The van der Waals surface area contributed by atoms with Crippen molar-refractivity contribution >= 4 is 46.2 Å². The molecule has 214 valence electrons. The molecule has 42 heavy (non-hydrogen) atoms. The number of nitrogens with one attached hydrogen (secondary N) is 3. The molecule has 0 saturated heterocycles. The van der Waals surface area contributed by atoms with Crippen molar-refractivity contribution in [2.45, 2.75) is 6.18 Å². The lowest BCUT2D eigenvalue weighted by Crippen LogP contribution is -2.33. The van der Waals surface area contributed by atoms with Crippen LogP contribution in [0.15, 0.2) is 85.3 Å². The van der Waals surface area contributed by atoms with Crippen molar-refractivity contribution in [3.8, 4) is 22.6 Å². The first kappa shape index (κ1) is 28.2. The van der Waals surface area contributed by atoms with E-state index < -0.39 is 24.7 Å².